The van der Waals surface area contributed by atoms with Crippen LogP contribution in [0.5, 0.6) is 11.8 Å². The summed E-state index contributed by atoms with van der Waals surface area (Å²) in [6.45, 7) is 3.34. The van der Waals surface area contributed by atoms with E-state index in [0.29, 0.717) is 26.0 Å². The van der Waals surface area contributed by atoms with Gasteiger partial charge < -0.3 is 14.4 Å². The summed E-state index contributed by atoms with van der Waals surface area (Å²) in [6.07, 6.45) is -2.45. The first kappa shape index (κ1) is 20.9. The molecule has 29 heavy (non-hydrogen) atoms. The Hall–Kier alpha value is -2.84. The molecule has 6 nitrogen and oxygen atoms in total. The molecule has 1 unspecified atom stereocenters. The van der Waals surface area contributed by atoms with Crippen LogP contribution in [0.2, 0.25) is 0 Å². The number of likely N-dealkylation sites (tertiary alicyclic amines) is 1. The predicted molar refractivity (Wildman–Crippen MR) is 98.6 cm³/mol. The number of alkyl halides is 3. The number of aromatic nitrogens is 2. The Bertz CT molecular complexity index is 828. The van der Waals surface area contributed by atoms with Crippen LogP contribution in [-0.2, 0) is 17.4 Å². The second kappa shape index (κ2) is 9.11. The lowest BCUT2D eigenvalue weighted by Crippen LogP contribution is -2.45. The molecular weight excluding hydrogens is 387 g/mol. The molecule has 1 atom stereocenters. The number of hydrogen-bond donors (Lipinski definition) is 0. The number of carbonyl (C=O) groups is 1. The van der Waals surface area contributed by atoms with Gasteiger partial charge >= 0.3 is 12.2 Å². The number of nitrogens with zero attached hydrogens (tertiary/aromatic N) is 3. The van der Waals surface area contributed by atoms with Crippen molar-refractivity contribution in [3.05, 3.63) is 47.8 Å². The smallest absolute Gasteiger partial charge is 0.433 e. The average molecular weight is 409 g/mol. The van der Waals surface area contributed by atoms with Gasteiger partial charge in [-0.05, 0) is 43.5 Å². The number of piperidine rings is 1. The Kier molecular flexibility index (Phi) is 6.56. The summed E-state index contributed by atoms with van der Waals surface area (Å²) in [4.78, 5) is 21.5. The maximum Gasteiger partial charge on any atom is 0.433 e. The third-order valence-electron chi connectivity index (χ3n) is 4.52. The molecule has 1 amide bonds. The van der Waals surface area contributed by atoms with E-state index in [1.54, 1.807) is 4.90 Å². The number of ether oxygens (including phenoxy) is 2. The highest BCUT2D eigenvalue weighted by atomic mass is 19.4. The first-order valence-corrected chi connectivity index (χ1v) is 9.41. The minimum absolute atomic E-state index is 0.0626. The summed E-state index contributed by atoms with van der Waals surface area (Å²) in [5.74, 6) is 0.684. The van der Waals surface area contributed by atoms with Gasteiger partial charge in [0.25, 0.3) is 0 Å². The molecule has 0 bridgehead atoms. The molecule has 1 aromatic carbocycles. The molecule has 9 heteroatoms. The maximum absolute atomic E-state index is 12.8. The van der Waals surface area contributed by atoms with Crippen LogP contribution in [0.1, 0.15) is 31.0 Å². The first-order chi connectivity index (χ1) is 13.8. The van der Waals surface area contributed by atoms with E-state index in [-0.39, 0.29) is 24.9 Å². The molecule has 3 rings (SSSR count). The zero-order valence-electron chi connectivity index (χ0n) is 16.0. The van der Waals surface area contributed by atoms with Crippen LogP contribution in [0.3, 0.4) is 0 Å². The molecule has 2 heterocycles. The summed E-state index contributed by atoms with van der Waals surface area (Å²) < 4.78 is 49.3. The van der Waals surface area contributed by atoms with Crippen LogP contribution in [0, 0.1) is 0 Å². The van der Waals surface area contributed by atoms with E-state index < -0.39 is 18.0 Å². The van der Waals surface area contributed by atoms with Crippen molar-refractivity contribution in [2.45, 2.75) is 38.5 Å². The summed E-state index contributed by atoms with van der Waals surface area (Å²) in [6, 6.07) is 7.79. The average Bonchev–Trinajstić information content (AvgIpc) is 2.69. The second-order valence-electron chi connectivity index (χ2n) is 6.70. The highest BCUT2D eigenvalue weighted by molar-refractivity contribution is 5.79. The number of benzene rings is 1. The van der Waals surface area contributed by atoms with Crippen molar-refractivity contribution in [1.29, 1.82) is 0 Å². The fourth-order valence-corrected chi connectivity index (χ4v) is 3.12. The summed E-state index contributed by atoms with van der Waals surface area (Å²) in [5.41, 5.74) is -0.190. The largest absolute Gasteiger partial charge is 0.494 e. The van der Waals surface area contributed by atoms with Gasteiger partial charge in [-0.25, -0.2) is 4.98 Å². The van der Waals surface area contributed by atoms with Crippen molar-refractivity contribution in [1.82, 2.24) is 14.9 Å². The normalized spacial score (nSPS) is 17.1. The summed E-state index contributed by atoms with van der Waals surface area (Å²) >= 11 is 0. The Morgan fingerprint density at radius 3 is 2.69 bits per heavy atom. The van der Waals surface area contributed by atoms with Gasteiger partial charge in [-0.1, -0.05) is 12.1 Å². The molecule has 1 aromatic heterocycles. The Labute approximate surface area is 166 Å². The monoisotopic (exact) mass is 409 g/mol. The van der Waals surface area contributed by atoms with Gasteiger partial charge in [0, 0.05) is 12.7 Å². The van der Waals surface area contributed by atoms with Crippen LogP contribution in [-0.4, -0.2) is 46.6 Å². The second-order valence-corrected chi connectivity index (χ2v) is 6.70. The third kappa shape index (κ3) is 5.82. The van der Waals surface area contributed by atoms with E-state index in [9.17, 15) is 18.0 Å². The lowest BCUT2D eigenvalue weighted by atomic mass is 10.1. The molecule has 1 aliphatic rings. The molecule has 2 aromatic rings. The fraction of sp³-hybridized carbons (Fsp3) is 0.450. The van der Waals surface area contributed by atoms with E-state index in [0.717, 1.165) is 23.6 Å². The Morgan fingerprint density at radius 2 is 2.00 bits per heavy atom. The van der Waals surface area contributed by atoms with E-state index in [1.165, 1.54) is 0 Å². The van der Waals surface area contributed by atoms with Gasteiger partial charge in [0.2, 0.25) is 5.91 Å². The van der Waals surface area contributed by atoms with Gasteiger partial charge in [-0.2, -0.15) is 18.2 Å². The van der Waals surface area contributed by atoms with Gasteiger partial charge in [0.1, 0.15) is 11.9 Å². The quantitative estimate of drug-likeness (QED) is 0.731. The van der Waals surface area contributed by atoms with E-state index in [2.05, 4.69) is 9.97 Å². The molecule has 0 spiro atoms. The minimum Gasteiger partial charge on any atom is -0.494 e. The van der Waals surface area contributed by atoms with E-state index in [4.69, 9.17) is 9.47 Å². The predicted octanol–water partition coefficient (Wildman–Crippen LogP) is 3.51. The molecule has 1 saturated heterocycles. The minimum atomic E-state index is -4.56. The summed E-state index contributed by atoms with van der Waals surface area (Å²) in [7, 11) is 0. The van der Waals surface area contributed by atoms with Crippen LogP contribution in [0.15, 0.2) is 36.5 Å². The van der Waals surface area contributed by atoms with Crippen LogP contribution in [0.4, 0.5) is 13.2 Å². The molecule has 1 aliphatic heterocycles. The molecule has 0 N–H and O–H groups in total. The van der Waals surface area contributed by atoms with Gasteiger partial charge in [-0.15, -0.1) is 0 Å². The fourth-order valence-electron chi connectivity index (χ4n) is 3.12. The SMILES string of the molecule is CCOc1ccc(CC(=O)N2CCCC(Oc3nccc(C(F)(F)F)n3)C2)cc1. The molecule has 156 valence electrons. The Balaban J connectivity index is 1.58. The van der Waals surface area contributed by atoms with Crippen molar-refractivity contribution in [3.8, 4) is 11.8 Å². The van der Waals surface area contributed by atoms with Gasteiger partial charge in [-0.3, -0.25) is 4.79 Å². The van der Waals surface area contributed by atoms with Crippen molar-refractivity contribution in [2.24, 2.45) is 0 Å². The number of amides is 1. The lowest BCUT2D eigenvalue weighted by molar-refractivity contribution is -0.141. The lowest BCUT2D eigenvalue weighted by Gasteiger charge is -2.32. The maximum atomic E-state index is 12.8. The van der Waals surface area contributed by atoms with Gasteiger partial charge in [0.05, 0.1) is 19.6 Å². The van der Waals surface area contributed by atoms with Gasteiger partial charge in [0.15, 0.2) is 5.69 Å². The highest BCUT2D eigenvalue weighted by Crippen LogP contribution is 2.28. The molecule has 0 radical (unpaired) electrons. The molecule has 1 fully saturated rings. The zero-order chi connectivity index (χ0) is 20.9. The molecule has 0 aliphatic carbocycles. The van der Waals surface area contributed by atoms with Crippen LogP contribution in [0.25, 0.3) is 0 Å². The summed E-state index contributed by atoms with van der Waals surface area (Å²) in [5, 5.41) is 0. The Morgan fingerprint density at radius 1 is 1.24 bits per heavy atom. The highest BCUT2D eigenvalue weighted by Gasteiger charge is 2.33. The number of halogens is 3. The van der Waals surface area contributed by atoms with Crippen molar-refractivity contribution in [3.63, 3.8) is 0 Å². The van der Waals surface area contributed by atoms with Crippen LogP contribution >= 0.6 is 0 Å². The number of carbonyl (C=O) groups excluding carboxylic acids is 1. The van der Waals surface area contributed by atoms with E-state index >= 15 is 0 Å². The molecular formula is C20H22F3N3O3. The number of rotatable bonds is 6. The molecule has 0 saturated carbocycles. The van der Waals surface area contributed by atoms with Crippen molar-refractivity contribution >= 4 is 5.91 Å². The topological polar surface area (TPSA) is 64.5 Å². The zero-order valence-corrected chi connectivity index (χ0v) is 16.0. The standard InChI is InChI=1S/C20H22F3N3O3/c1-2-28-15-7-5-14(6-8-15)12-18(27)26-11-3-4-16(13-26)29-19-24-10-9-17(25-19)20(21,22)23/h5-10,16H,2-4,11-13H2,1H3. The van der Waals surface area contributed by atoms with Crippen LogP contribution < -0.4 is 9.47 Å². The van der Waals surface area contributed by atoms with Crippen molar-refractivity contribution < 1.29 is 27.4 Å². The van der Waals surface area contributed by atoms with Crippen molar-refractivity contribution in [2.75, 3.05) is 19.7 Å². The third-order valence-corrected chi connectivity index (χ3v) is 4.52. The first-order valence-electron chi connectivity index (χ1n) is 9.41. The van der Waals surface area contributed by atoms with E-state index in [1.807, 2.05) is 31.2 Å². The number of hydrogen-bond acceptors (Lipinski definition) is 5.